The van der Waals surface area contributed by atoms with Gasteiger partial charge in [-0.1, -0.05) is 24.3 Å². The zero-order valence-electron chi connectivity index (χ0n) is 15.1. The maximum atomic E-state index is 12.1. The number of ether oxygens (including phenoxy) is 3. The summed E-state index contributed by atoms with van der Waals surface area (Å²) in [7, 11) is 0. The zero-order valence-corrected chi connectivity index (χ0v) is 15.1. The van der Waals surface area contributed by atoms with Crippen LogP contribution in [0.4, 0.5) is 0 Å². The summed E-state index contributed by atoms with van der Waals surface area (Å²) in [6.45, 7) is 0.806. The van der Waals surface area contributed by atoms with Crippen LogP contribution in [0, 0.1) is 0 Å². The van der Waals surface area contributed by atoms with Crippen molar-refractivity contribution in [2.24, 2.45) is 0 Å². The summed E-state index contributed by atoms with van der Waals surface area (Å²) in [4.78, 5) is 24.2. The lowest BCUT2D eigenvalue weighted by Crippen LogP contribution is -2.08. The van der Waals surface area contributed by atoms with Crippen molar-refractivity contribution >= 4 is 11.9 Å². The van der Waals surface area contributed by atoms with E-state index < -0.39 is 0 Å². The van der Waals surface area contributed by atoms with Gasteiger partial charge >= 0.3 is 11.9 Å². The Morgan fingerprint density at radius 1 is 0.593 bits per heavy atom. The Balaban J connectivity index is 1.51. The molecule has 4 aliphatic rings. The number of rotatable bonds is 0. The summed E-state index contributed by atoms with van der Waals surface area (Å²) >= 11 is 0. The van der Waals surface area contributed by atoms with E-state index in [4.69, 9.17) is 14.2 Å². The minimum Gasteiger partial charge on any atom is -0.462 e. The van der Waals surface area contributed by atoms with Crippen molar-refractivity contribution < 1.29 is 23.8 Å². The van der Waals surface area contributed by atoms with Crippen molar-refractivity contribution in [1.82, 2.24) is 0 Å². The van der Waals surface area contributed by atoms with Gasteiger partial charge in [0, 0.05) is 0 Å². The van der Waals surface area contributed by atoms with Crippen molar-refractivity contribution in [3.8, 4) is 0 Å². The molecule has 0 spiro atoms. The fourth-order valence-corrected chi connectivity index (χ4v) is 3.29. The van der Waals surface area contributed by atoms with Crippen LogP contribution in [0.15, 0.2) is 48.5 Å². The number of epoxide rings is 1. The Morgan fingerprint density at radius 3 is 1.41 bits per heavy atom. The predicted molar refractivity (Wildman–Crippen MR) is 98.5 cm³/mol. The number of carbonyl (C=O) groups excluding carboxylic acids is 2. The fourth-order valence-electron chi connectivity index (χ4n) is 3.29. The molecule has 4 aliphatic heterocycles. The van der Waals surface area contributed by atoms with Crippen molar-refractivity contribution in [3.63, 3.8) is 0 Å². The number of fused-ring (bicyclic) bond motifs is 2. The van der Waals surface area contributed by atoms with E-state index in [1.54, 1.807) is 24.3 Å². The standard InChI is InChI=1S/C22H22O5/c23-21-17-9-5-15(6-10-17)19-20(27-19)16-7-11-18(12-8-16)22(24)26-14-4-2-1-3-13-25-21/h5-12,19-20H,1-4,13-14H2. The van der Waals surface area contributed by atoms with Crippen molar-refractivity contribution in [3.05, 3.63) is 70.8 Å². The van der Waals surface area contributed by atoms with Gasteiger partial charge in [-0.2, -0.15) is 0 Å². The summed E-state index contributed by atoms with van der Waals surface area (Å²) in [5, 5.41) is 0. The molecule has 5 nitrogen and oxygen atoms in total. The largest absolute Gasteiger partial charge is 0.462 e. The minimum absolute atomic E-state index is 0.0292. The van der Waals surface area contributed by atoms with Gasteiger partial charge in [0.1, 0.15) is 12.2 Å². The average molecular weight is 366 g/mol. The van der Waals surface area contributed by atoms with Gasteiger partial charge in [-0.25, -0.2) is 9.59 Å². The van der Waals surface area contributed by atoms with Gasteiger partial charge in [-0.15, -0.1) is 0 Å². The SMILES string of the molecule is O=C1OCCCCCCOC(=O)c2ccc(cc2)C2OC2c2ccc1cc2. The van der Waals surface area contributed by atoms with E-state index in [0.29, 0.717) is 24.3 Å². The molecule has 5 heteroatoms. The second kappa shape index (κ2) is 7.92. The molecule has 0 saturated carbocycles. The number of carbonyl (C=O) groups is 2. The first-order valence-corrected chi connectivity index (χ1v) is 9.42. The van der Waals surface area contributed by atoms with Crippen LogP contribution >= 0.6 is 0 Å². The van der Waals surface area contributed by atoms with Gasteiger partial charge in [-0.3, -0.25) is 0 Å². The van der Waals surface area contributed by atoms with Gasteiger partial charge in [0.25, 0.3) is 0 Å². The van der Waals surface area contributed by atoms with Gasteiger partial charge < -0.3 is 14.2 Å². The topological polar surface area (TPSA) is 65.1 Å². The van der Waals surface area contributed by atoms with Crippen LogP contribution in [0.3, 0.4) is 0 Å². The molecule has 140 valence electrons. The highest BCUT2D eigenvalue weighted by Crippen LogP contribution is 2.50. The van der Waals surface area contributed by atoms with Crippen molar-refractivity contribution in [1.29, 1.82) is 0 Å². The van der Waals surface area contributed by atoms with Crippen LogP contribution in [-0.2, 0) is 14.2 Å². The molecule has 6 rings (SSSR count). The maximum Gasteiger partial charge on any atom is 0.338 e. The Kier molecular flexibility index (Phi) is 5.21. The second-order valence-electron chi connectivity index (χ2n) is 6.91. The third-order valence-electron chi connectivity index (χ3n) is 4.95. The van der Waals surface area contributed by atoms with Gasteiger partial charge in [0.05, 0.1) is 24.3 Å². The van der Waals surface area contributed by atoms with E-state index in [9.17, 15) is 9.59 Å². The minimum atomic E-state index is -0.297. The predicted octanol–water partition coefficient (Wildman–Crippen LogP) is 4.39. The Hall–Kier alpha value is -2.66. The summed E-state index contributed by atoms with van der Waals surface area (Å²) < 4.78 is 16.4. The molecule has 2 unspecified atom stereocenters. The van der Waals surface area contributed by atoms with E-state index in [1.807, 2.05) is 24.3 Å². The fraction of sp³-hybridized carbons (Fsp3) is 0.364. The van der Waals surface area contributed by atoms with E-state index >= 15 is 0 Å². The highest BCUT2D eigenvalue weighted by atomic mass is 16.6. The number of hydrogen-bond acceptors (Lipinski definition) is 5. The number of hydrogen-bond donors (Lipinski definition) is 0. The normalized spacial score (nSPS) is 23.3. The summed E-state index contributed by atoms with van der Waals surface area (Å²) in [6, 6.07) is 14.8. The molecule has 2 aromatic rings. The van der Waals surface area contributed by atoms with Gasteiger partial charge in [0.15, 0.2) is 0 Å². The molecule has 1 saturated heterocycles. The lowest BCUT2D eigenvalue weighted by atomic mass is 10.0. The average Bonchev–Trinajstić information content (AvgIpc) is 3.50. The molecule has 2 atom stereocenters. The summed E-state index contributed by atoms with van der Waals surface area (Å²) in [5.74, 6) is -0.595. The Bertz CT molecular complexity index is 740. The Morgan fingerprint density at radius 2 is 1.00 bits per heavy atom. The molecule has 2 aromatic carbocycles. The molecule has 0 N–H and O–H groups in total. The molecule has 4 heterocycles. The molecule has 0 aromatic heterocycles. The second-order valence-corrected chi connectivity index (χ2v) is 6.91. The van der Waals surface area contributed by atoms with Crippen LogP contribution in [0.1, 0.15) is 69.7 Å². The van der Waals surface area contributed by atoms with Gasteiger partial charge in [-0.05, 0) is 61.1 Å². The molecular formula is C22H22O5. The molecule has 0 radical (unpaired) electrons. The van der Waals surface area contributed by atoms with Crippen LogP contribution in [-0.4, -0.2) is 25.2 Å². The quantitative estimate of drug-likeness (QED) is 0.511. The zero-order chi connectivity index (χ0) is 18.6. The summed E-state index contributed by atoms with van der Waals surface area (Å²) in [6.07, 6.45) is 3.41. The number of benzene rings is 2. The maximum absolute atomic E-state index is 12.1. The van der Waals surface area contributed by atoms with Crippen molar-refractivity contribution in [2.45, 2.75) is 37.9 Å². The van der Waals surface area contributed by atoms with E-state index in [1.165, 1.54) is 0 Å². The molecule has 0 amide bonds. The molecular weight excluding hydrogens is 344 g/mol. The Labute approximate surface area is 158 Å². The molecule has 4 bridgehead atoms. The first-order chi connectivity index (χ1) is 13.2. The molecule has 27 heavy (non-hydrogen) atoms. The van der Waals surface area contributed by atoms with Crippen LogP contribution in [0.5, 0.6) is 0 Å². The first kappa shape index (κ1) is 17.7. The van der Waals surface area contributed by atoms with Crippen LogP contribution in [0.25, 0.3) is 0 Å². The lowest BCUT2D eigenvalue weighted by Gasteiger charge is -2.07. The third-order valence-corrected chi connectivity index (χ3v) is 4.95. The van der Waals surface area contributed by atoms with E-state index in [0.717, 1.165) is 36.8 Å². The first-order valence-electron chi connectivity index (χ1n) is 9.42. The van der Waals surface area contributed by atoms with E-state index in [2.05, 4.69) is 0 Å². The molecule has 1 fully saturated rings. The van der Waals surface area contributed by atoms with Gasteiger partial charge in [0.2, 0.25) is 0 Å². The highest BCUT2D eigenvalue weighted by molar-refractivity contribution is 5.90. The number of esters is 2. The summed E-state index contributed by atoms with van der Waals surface area (Å²) in [5.41, 5.74) is 3.16. The van der Waals surface area contributed by atoms with Crippen molar-refractivity contribution in [2.75, 3.05) is 13.2 Å². The smallest absolute Gasteiger partial charge is 0.338 e. The van der Waals surface area contributed by atoms with E-state index in [-0.39, 0.29) is 24.1 Å². The monoisotopic (exact) mass is 366 g/mol. The molecule has 0 aliphatic carbocycles. The highest BCUT2D eigenvalue weighted by Gasteiger charge is 2.41. The third kappa shape index (κ3) is 4.19. The van der Waals surface area contributed by atoms with Crippen LogP contribution in [0.2, 0.25) is 0 Å². The van der Waals surface area contributed by atoms with Crippen LogP contribution < -0.4 is 0 Å². The lowest BCUT2D eigenvalue weighted by molar-refractivity contribution is 0.0473.